The molecule has 0 aliphatic carbocycles. The van der Waals surface area contributed by atoms with E-state index in [-0.39, 0.29) is 0 Å². The third-order valence-electron chi connectivity index (χ3n) is 5.00. The van der Waals surface area contributed by atoms with E-state index in [1.165, 1.54) is 6.26 Å². The number of nitrogens with one attached hydrogen (secondary N) is 1. The second-order valence-electron chi connectivity index (χ2n) is 6.38. The third-order valence-corrected chi connectivity index (χ3v) is 6.27. The maximum absolute atomic E-state index is 11.7. The zero-order chi connectivity index (χ0) is 17.2. The number of nitriles is 1. The lowest BCUT2D eigenvalue weighted by Gasteiger charge is -2.37. The number of sulfonamides is 1. The molecule has 0 saturated carbocycles. The van der Waals surface area contributed by atoms with E-state index in [2.05, 4.69) is 18.3 Å². The maximum Gasteiger partial charge on any atom is 0.211 e. The second-order valence-corrected chi connectivity index (χ2v) is 8.36. The number of piperidine rings is 1. The molecule has 1 aromatic rings. The minimum absolute atomic E-state index is 0.308. The largest absolute Gasteiger partial charge is 0.340 e. The number of rotatable bonds is 5. The van der Waals surface area contributed by atoms with E-state index in [4.69, 9.17) is 5.26 Å². The molecule has 0 spiro atoms. The standard InChI is InChI=1S/C16H26N4O2S/c1-5-13-11-20(23(4,21)22)7-6-16(13)18-10-14-8-15(9-17)19(3)12(14)2/h8,13,16,18H,5-7,10-11H2,1-4H3/t13-,16+/m0/s1. The van der Waals surface area contributed by atoms with E-state index in [9.17, 15) is 8.42 Å². The minimum atomic E-state index is -3.11. The van der Waals surface area contributed by atoms with Gasteiger partial charge in [0.25, 0.3) is 0 Å². The topological polar surface area (TPSA) is 78.1 Å². The van der Waals surface area contributed by atoms with Gasteiger partial charge in [0, 0.05) is 38.4 Å². The first-order valence-electron chi connectivity index (χ1n) is 8.01. The van der Waals surface area contributed by atoms with Crippen molar-refractivity contribution >= 4 is 10.0 Å². The van der Waals surface area contributed by atoms with E-state index >= 15 is 0 Å². The van der Waals surface area contributed by atoms with Crippen LogP contribution in [-0.4, -0.2) is 42.7 Å². The monoisotopic (exact) mass is 338 g/mol. The highest BCUT2D eigenvalue weighted by Crippen LogP contribution is 2.23. The molecule has 0 aromatic carbocycles. The number of nitrogens with zero attached hydrogens (tertiary/aromatic N) is 3. The van der Waals surface area contributed by atoms with Gasteiger partial charge in [0.05, 0.1) is 6.26 Å². The zero-order valence-electron chi connectivity index (χ0n) is 14.3. The molecule has 1 saturated heterocycles. The average Bonchev–Trinajstić information content (AvgIpc) is 2.79. The molecular formula is C16H26N4O2S. The average molecular weight is 338 g/mol. The molecule has 1 fully saturated rings. The lowest BCUT2D eigenvalue weighted by atomic mass is 9.91. The summed E-state index contributed by atoms with van der Waals surface area (Å²) in [5.41, 5.74) is 2.89. The Morgan fingerprint density at radius 2 is 2.17 bits per heavy atom. The van der Waals surface area contributed by atoms with Gasteiger partial charge in [-0.25, -0.2) is 12.7 Å². The highest BCUT2D eigenvalue weighted by atomic mass is 32.2. The Hall–Kier alpha value is -1.36. The highest BCUT2D eigenvalue weighted by Gasteiger charge is 2.31. The molecule has 2 atom stereocenters. The molecule has 128 valence electrons. The first kappa shape index (κ1) is 18.0. The van der Waals surface area contributed by atoms with E-state index in [0.29, 0.717) is 37.3 Å². The quantitative estimate of drug-likeness (QED) is 0.879. The normalized spacial score (nSPS) is 22.9. The van der Waals surface area contributed by atoms with Crippen LogP contribution in [0.2, 0.25) is 0 Å². The van der Waals surface area contributed by atoms with Crippen molar-refractivity contribution in [2.75, 3.05) is 19.3 Å². The zero-order valence-corrected chi connectivity index (χ0v) is 15.2. The van der Waals surface area contributed by atoms with Gasteiger partial charge in [-0.15, -0.1) is 0 Å². The first-order chi connectivity index (χ1) is 10.8. The molecule has 7 heteroatoms. The molecule has 23 heavy (non-hydrogen) atoms. The number of hydrogen-bond donors (Lipinski definition) is 1. The van der Waals surface area contributed by atoms with Gasteiger partial charge >= 0.3 is 0 Å². The fourth-order valence-corrected chi connectivity index (χ4v) is 4.17. The fourth-order valence-electron chi connectivity index (χ4n) is 3.27. The summed E-state index contributed by atoms with van der Waals surface area (Å²) in [6.45, 7) is 5.99. The smallest absolute Gasteiger partial charge is 0.211 e. The van der Waals surface area contributed by atoms with Gasteiger partial charge in [0.2, 0.25) is 10.0 Å². The van der Waals surface area contributed by atoms with Crippen LogP contribution in [0.5, 0.6) is 0 Å². The Kier molecular flexibility index (Phi) is 5.50. The Morgan fingerprint density at radius 3 is 2.70 bits per heavy atom. The van der Waals surface area contributed by atoms with Crippen LogP contribution in [0, 0.1) is 24.2 Å². The second kappa shape index (κ2) is 7.04. The van der Waals surface area contributed by atoms with Crippen LogP contribution in [0.25, 0.3) is 0 Å². The van der Waals surface area contributed by atoms with Crippen LogP contribution in [-0.2, 0) is 23.6 Å². The van der Waals surface area contributed by atoms with Crippen LogP contribution < -0.4 is 5.32 Å². The molecule has 1 aromatic heterocycles. The van der Waals surface area contributed by atoms with Crippen molar-refractivity contribution in [2.45, 2.75) is 39.3 Å². The van der Waals surface area contributed by atoms with Crippen molar-refractivity contribution in [3.05, 3.63) is 23.0 Å². The van der Waals surface area contributed by atoms with Crippen LogP contribution in [0.1, 0.15) is 36.7 Å². The Labute approximate surface area is 139 Å². The van der Waals surface area contributed by atoms with Crippen molar-refractivity contribution in [3.63, 3.8) is 0 Å². The van der Waals surface area contributed by atoms with E-state index < -0.39 is 10.0 Å². The van der Waals surface area contributed by atoms with Crippen molar-refractivity contribution in [2.24, 2.45) is 13.0 Å². The van der Waals surface area contributed by atoms with Crippen LogP contribution in [0.15, 0.2) is 6.07 Å². The third kappa shape index (κ3) is 3.94. The van der Waals surface area contributed by atoms with Crippen molar-refractivity contribution in [1.29, 1.82) is 5.26 Å². The summed E-state index contributed by atoms with van der Waals surface area (Å²) >= 11 is 0. The lowest BCUT2D eigenvalue weighted by Crippen LogP contribution is -2.50. The van der Waals surface area contributed by atoms with Gasteiger partial charge in [0.15, 0.2) is 0 Å². The molecule has 0 amide bonds. The molecule has 1 aliphatic rings. The van der Waals surface area contributed by atoms with Gasteiger partial charge in [-0.1, -0.05) is 13.3 Å². The van der Waals surface area contributed by atoms with Crippen molar-refractivity contribution in [1.82, 2.24) is 14.2 Å². The number of aromatic nitrogens is 1. The lowest BCUT2D eigenvalue weighted by molar-refractivity contribution is 0.201. The molecule has 0 radical (unpaired) electrons. The highest BCUT2D eigenvalue weighted by molar-refractivity contribution is 7.88. The molecule has 0 unspecified atom stereocenters. The fraction of sp³-hybridized carbons (Fsp3) is 0.688. The molecule has 1 aliphatic heterocycles. The first-order valence-corrected chi connectivity index (χ1v) is 9.86. The SMILES string of the molecule is CC[C@H]1CN(S(C)(=O)=O)CC[C@H]1NCc1cc(C#N)n(C)c1C. The van der Waals surface area contributed by atoms with Crippen molar-refractivity contribution in [3.8, 4) is 6.07 Å². The summed E-state index contributed by atoms with van der Waals surface area (Å²) in [5, 5.41) is 12.7. The predicted molar refractivity (Wildman–Crippen MR) is 90.3 cm³/mol. The van der Waals surface area contributed by atoms with E-state index in [0.717, 1.165) is 24.1 Å². The molecule has 1 N–H and O–H groups in total. The van der Waals surface area contributed by atoms with Gasteiger partial charge in [-0.2, -0.15) is 5.26 Å². The van der Waals surface area contributed by atoms with Crippen LogP contribution in [0.3, 0.4) is 0 Å². The summed E-state index contributed by atoms with van der Waals surface area (Å²) < 4.78 is 26.9. The van der Waals surface area contributed by atoms with E-state index in [1.807, 2.05) is 24.6 Å². The molecule has 2 rings (SSSR count). The number of hydrogen-bond acceptors (Lipinski definition) is 4. The van der Waals surface area contributed by atoms with Crippen molar-refractivity contribution < 1.29 is 8.42 Å². The van der Waals surface area contributed by atoms with E-state index in [1.54, 1.807) is 4.31 Å². The summed E-state index contributed by atoms with van der Waals surface area (Å²) in [6.07, 6.45) is 3.05. The minimum Gasteiger partial charge on any atom is -0.340 e. The summed E-state index contributed by atoms with van der Waals surface area (Å²) in [7, 11) is -1.21. The van der Waals surface area contributed by atoms with Gasteiger partial charge in [0.1, 0.15) is 11.8 Å². The molecule has 6 nitrogen and oxygen atoms in total. The molecule has 2 heterocycles. The predicted octanol–water partition coefficient (Wildman–Crippen LogP) is 1.35. The maximum atomic E-state index is 11.7. The Bertz CT molecular complexity index is 702. The molecular weight excluding hydrogens is 312 g/mol. The van der Waals surface area contributed by atoms with Crippen LogP contribution >= 0.6 is 0 Å². The molecule has 0 bridgehead atoms. The van der Waals surface area contributed by atoms with Crippen LogP contribution in [0.4, 0.5) is 0 Å². The summed E-state index contributed by atoms with van der Waals surface area (Å²) in [4.78, 5) is 0. The van der Waals surface area contributed by atoms with Gasteiger partial charge < -0.3 is 9.88 Å². The summed E-state index contributed by atoms with van der Waals surface area (Å²) in [5.74, 6) is 0.318. The van der Waals surface area contributed by atoms with Gasteiger partial charge in [-0.3, -0.25) is 0 Å². The Balaban J connectivity index is 2.02. The summed E-state index contributed by atoms with van der Waals surface area (Å²) in [6, 6.07) is 4.43. The van der Waals surface area contributed by atoms with Gasteiger partial charge in [-0.05, 0) is 30.9 Å². The Morgan fingerprint density at radius 1 is 1.48 bits per heavy atom.